The molecule has 0 unspecified atom stereocenters. The molecule has 0 atom stereocenters. The molecule has 35 heavy (non-hydrogen) atoms. The molecule has 2 N–H and O–H groups in total. The summed E-state index contributed by atoms with van der Waals surface area (Å²) in [4.78, 5) is 33.5. The molecule has 9 heteroatoms. The first-order valence-electron chi connectivity index (χ1n) is 10.8. The lowest BCUT2D eigenvalue weighted by Gasteiger charge is -2.02. The van der Waals surface area contributed by atoms with E-state index in [1.54, 1.807) is 31.4 Å². The normalized spacial score (nSPS) is 10.9. The molecule has 174 valence electrons. The van der Waals surface area contributed by atoms with Crippen molar-refractivity contribution < 1.29 is 18.7 Å². The van der Waals surface area contributed by atoms with Gasteiger partial charge in [-0.3, -0.25) is 9.32 Å². The number of carbonyl (C=O) groups excluding carboxylic acids is 1. The van der Waals surface area contributed by atoms with Crippen LogP contribution in [0.3, 0.4) is 0 Å². The monoisotopic (exact) mass is 485 g/mol. The number of rotatable bonds is 8. The van der Waals surface area contributed by atoms with E-state index in [9.17, 15) is 9.59 Å². The van der Waals surface area contributed by atoms with Crippen LogP contribution in [0.15, 0.2) is 99.4 Å². The second kappa shape index (κ2) is 9.86. The minimum atomic E-state index is -0.735. The number of imidazole rings is 1. The van der Waals surface area contributed by atoms with Gasteiger partial charge in [-0.15, -0.1) is 0 Å². The number of nitrogens with one attached hydrogen (secondary N) is 2. The summed E-state index contributed by atoms with van der Waals surface area (Å²) in [6, 6.07) is 26.6. The van der Waals surface area contributed by atoms with E-state index in [1.807, 2.05) is 60.7 Å². The van der Waals surface area contributed by atoms with Crippen LogP contribution in [0.25, 0.3) is 28.2 Å². The Kier molecular flexibility index (Phi) is 6.32. The van der Waals surface area contributed by atoms with Gasteiger partial charge in [-0.05, 0) is 22.1 Å². The van der Waals surface area contributed by atoms with Gasteiger partial charge in [-0.2, -0.15) is 0 Å². The molecule has 5 aromatic rings. The highest BCUT2D eigenvalue weighted by Gasteiger charge is 2.31. The summed E-state index contributed by atoms with van der Waals surface area (Å²) in [6.45, 7) is 0. The van der Waals surface area contributed by atoms with Crippen molar-refractivity contribution >= 4 is 17.5 Å². The number of aromatic nitrogens is 4. The molecule has 0 spiro atoms. The standard InChI is InChI=1S/C26H20N4O4S/c1-33-20-14-12-19(13-15-20)30-24(25(32)34-29-30)21(31)16-35-26-27-22(17-8-4-2-5-9-17)23(28-26)18-10-6-3-7-11-18/h2-15H,16H2,1H3,(H-,27,28,29,31,32)/p+1. The van der Waals surface area contributed by atoms with Gasteiger partial charge in [0.1, 0.15) is 5.75 Å². The second-order valence-corrected chi connectivity index (χ2v) is 8.54. The van der Waals surface area contributed by atoms with E-state index in [4.69, 9.17) is 14.2 Å². The quantitative estimate of drug-likeness (QED) is 0.193. The maximum absolute atomic E-state index is 13.1. The lowest BCUT2D eigenvalue weighted by molar-refractivity contribution is -0.672. The molecule has 2 heterocycles. The van der Waals surface area contributed by atoms with Crippen molar-refractivity contribution in [1.29, 1.82) is 0 Å². The minimum Gasteiger partial charge on any atom is -0.497 e. The first-order chi connectivity index (χ1) is 17.1. The molecule has 0 aliphatic heterocycles. The molecule has 0 saturated heterocycles. The van der Waals surface area contributed by atoms with Gasteiger partial charge in [0.05, 0.1) is 24.3 Å². The zero-order valence-electron chi connectivity index (χ0n) is 18.7. The fourth-order valence-corrected chi connectivity index (χ4v) is 4.40. The number of hydrogen-bond donors (Lipinski definition) is 2. The molecule has 2 aromatic heterocycles. The third kappa shape index (κ3) is 4.67. The number of ether oxygens (including phenoxy) is 1. The Morgan fingerprint density at radius 3 is 2.29 bits per heavy atom. The lowest BCUT2D eigenvalue weighted by atomic mass is 10.1. The van der Waals surface area contributed by atoms with E-state index in [0.29, 0.717) is 16.6 Å². The fourth-order valence-electron chi connectivity index (χ4n) is 3.66. The second-order valence-electron chi connectivity index (χ2n) is 7.57. The summed E-state index contributed by atoms with van der Waals surface area (Å²) in [5.74, 6) is 0.263. The lowest BCUT2D eigenvalue weighted by Crippen LogP contribution is -2.41. The molecular formula is C26H21N4O4S+. The first kappa shape index (κ1) is 22.4. The highest BCUT2D eigenvalue weighted by molar-refractivity contribution is 7.99. The van der Waals surface area contributed by atoms with Crippen LogP contribution in [0.5, 0.6) is 5.75 Å². The van der Waals surface area contributed by atoms with E-state index >= 15 is 0 Å². The van der Waals surface area contributed by atoms with Gasteiger partial charge in [0.15, 0.2) is 5.16 Å². The number of carbonyl (C=O) groups is 1. The van der Waals surface area contributed by atoms with Crippen molar-refractivity contribution in [2.45, 2.75) is 5.16 Å². The Labute approximate surface area is 204 Å². The highest BCUT2D eigenvalue weighted by atomic mass is 32.2. The van der Waals surface area contributed by atoms with E-state index in [-0.39, 0.29) is 17.2 Å². The van der Waals surface area contributed by atoms with Crippen molar-refractivity contribution in [2.75, 3.05) is 12.9 Å². The zero-order chi connectivity index (χ0) is 24.2. The molecule has 8 nitrogen and oxygen atoms in total. The molecule has 0 fully saturated rings. The Balaban J connectivity index is 1.42. The van der Waals surface area contributed by atoms with Gasteiger partial charge >= 0.3 is 11.3 Å². The van der Waals surface area contributed by atoms with E-state index in [0.717, 1.165) is 22.5 Å². The van der Waals surface area contributed by atoms with Crippen LogP contribution in [-0.4, -0.2) is 33.9 Å². The third-order valence-electron chi connectivity index (χ3n) is 5.37. The van der Waals surface area contributed by atoms with Crippen molar-refractivity contribution in [3.63, 3.8) is 0 Å². The van der Waals surface area contributed by atoms with Gasteiger partial charge in [-0.25, -0.2) is 9.78 Å². The topological polar surface area (TPSA) is 105 Å². The third-order valence-corrected chi connectivity index (χ3v) is 6.25. The Hall–Kier alpha value is -4.37. The number of aromatic amines is 2. The molecule has 0 radical (unpaired) electrons. The summed E-state index contributed by atoms with van der Waals surface area (Å²) in [6.07, 6.45) is 0. The van der Waals surface area contributed by atoms with Crippen molar-refractivity contribution in [3.05, 3.63) is 101 Å². The van der Waals surface area contributed by atoms with Crippen LogP contribution >= 0.6 is 11.8 Å². The van der Waals surface area contributed by atoms with Gasteiger partial charge in [0, 0.05) is 23.3 Å². The van der Waals surface area contributed by atoms with Crippen molar-refractivity contribution in [1.82, 2.24) is 15.2 Å². The van der Waals surface area contributed by atoms with Crippen LogP contribution in [-0.2, 0) is 0 Å². The maximum Gasteiger partial charge on any atom is 0.438 e. The number of H-pyrrole nitrogens is 2. The number of benzene rings is 3. The summed E-state index contributed by atoms with van der Waals surface area (Å²) in [5, 5.41) is 3.07. The molecule has 0 amide bonds. The van der Waals surface area contributed by atoms with Crippen LogP contribution in [0.4, 0.5) is 0 Å². The molecule has 3 aromatic carbocycles. The maximum atomic E-state index is 13.1. The molecule has 0 aliphatic carbocycles. The Morgan fingerprint density at radius 2 is 1.63 bits per heavy atom. The van der Waals surface area contributed by atoms with Crippen LogP contribution in [0.2, 0.25) is 0 Å². The van der Waals surface area contributed by atoms with Crippen molar-refractivity contribution in [3.8, 4) is 34.0 Å². The molecular weight excluding hydrogens is 464 g/mol. The number of hydrogen-bond acceptors (Lipinski definition) is 6. The minimum absolute atomic E-state index is 0.00522. The average Bonchev–Trinajstić information content (AvgIpc) is 3.52. The van der Waals surface area contributed by atoms with Gasteiger partial charge in [0.2, 0.25) is 11.5 Å². The number of Topliss-reactive ketones (excluding diaryl/α,β-unsaturated/α-hetero) is 1. The number of nitrogens with zero attached hydrogens (tertiary/aromatic N) is 2. The van der Waals surface area contributed by atoms with E-state index < -0.39 is 5.63 Å². The number of methoxy groups -OCH3 is 1. The number of thioether (sulfide) groups is 1. The predicted octanol–water partition coefficient (Wildman–Crippen LogP) is 4.29. The van der Waals surface area contributed by atoms with Gasteiger partial charge in [-0.1, -0.05) is 72.4 Å². The SMILES string of the molecule is COc1ccc(-[n+]2[nH]oc(=O)c2C(=O)CSc2nc(-c3ccccc3)c(-c3ccccc3)[nH]2)cc1. The highest BCUT2D eigenvalue weighted by Crippen LogP contribution is 2.32. The first-order valence-corrected chi connectivity index (χ1v) is 11.8. The zero-order valence-corrected chi connectivity index (χ0v) is 19.5. The average molecular weight is 486 g/mol. The summed E-state index contributed by atoms with van der Waals surface area (Å²) < 4.78 is 11.4. The molecule has 0 aliphatic rings. The molecule has 5 rings (SSSR count). The van der Waals surface area contributed by atoms with E-state index in [1.165, 1.54) is 16.4 Å². The summed E-state index contributed by atoms with van der Waals surface area (Å²) in [5.41, 5.74) is 3.34. The number of ketones is 1. The van der Waals surface area contributed by atoms with Crippen LogP contribution in [0, 0.1) is 0 Å². The van der Waals surface area contributed by atoms with Crippen LogP contribution in [0.1, 0.15) is 10.5 Å². The van der Waals surface area contributed by atoms with Crippen LogP contribution < -0.4 is 15.0 Å². The predicted molar refractivity (Wildman–Crippen MR) is 132 cm³/mol. The Morgan fingerprint density at radius 1 is 0.971 bits per heavy atom. The smallest absolute Gasteiger partial charge is 0.438 e. The fraction of sp³-hybridized carbons (Fsp3) is 0.0769. The summed E-state index contributed by atoms with van der Waals surface area (Å²) >= 11 is 1.23. The van der Waals surface area contributed by atoms with Gasteiger partial charge in [0.25, 0.3) is 0 Å². The molecule has 0 bridgehead atoms. The van der Waals surface area contributed by atoms with Gasteiger partial charge < -0.3 is 9.72 Å². The Bertz CT molecular complexity index is 1450. The van der Waals surface area contributed by atoms with E-state index in [2.05, 4.69) is 10.3 Å². The summed E-state index contributed by atoms with van der Waals surface area (Å²) in [7, 11) is 1.56. The molecule has 0 saturated carbocycles. The van der Waals surface area contributed by atoms with Crippen molar-refractivity contribution in [2.24, 2.45) is 0 Å². The largest absolute Gasteiger partial charge is 0.497 e.